The Hall–Kier alpha value is -1.06. The number of esters is 1. The second-order valence-electron chi connectivity index (χ2n) is 5.38. The second kappa shape index (κ2) is 9.78. The van der Waals surface area contributed by atoms with E-state index in [1.807, 2.05) is 6.92 Å². The molecular weight excluding hydrogens is 256 g/mol. The van der Waals surface area contributed by atoms with Gasteiger partial charge in [0, 0.05) is 0 Å². The summed E-state index contributed by atoms with van der Waals surface area (Å²) in [5.41, 5.74) is -1.38. The molecule has 0 heterocycles. The van der Waals surface area contributed by atoms with E-state index in [1.165, 1.54) is 12.8 Å². The van der Waals surface area contributed by atoms with Crippen LogP contribution >= 0.6 is 0 Å². The molecule has 4 nitrogen and oxygen atoms in total. The fourth-order valence-electron chi connectivity index (χ4n) is 2.34. The molecule has 0 rings (SSSR count). The highest BCUT2D eigenvalue weighted by Crippen LogP contribution is 2.30. The third-order valence-electron chi connectivity index (χ3n) is 4.12. The van der Waals surface area contributed by atoms with E-state index in [9.17, 15) is 14.7 Å². The summed E-state index contributed by atoms with van der Waals surface area (Å²) in [6, 6.07) is 0. The molecule has 0 aromatic carbocycles. The zero-order valence-corrected chi connectivity index (χ0v) is 13.4. The average molecular weight is 286 g/mol. The van der Waals surface area contributed by atoms with Crippen LogP contribution in [-0.4, -0.2) is 23.1 Å². The Morgan fingerprint density at radius 1 is 1.05 bits per heavy atom. The first-order chi connectivity index (χ1) is 9.48. The standard InChI is InChI=1S/C16H30O4/c1-5-9-10-11-12-13(6-2)20-15(19)16(7-3,8-4)14(17)18/h13H,5-12H2,1-4H3,(H,17,18). The first-order valence-electron chi connectivity index (χ1n) is 7.92. The monoisotopic (exact) mass is 286 g/mol. The molecule has 0 aromatic rings. The molecule has 0 aliphatic rings. The van der Waals surface area contributed by atoms with Gasteiger partial charge in [0.2, 0.25) is 0 Å². The van der Waals surface area contributed by atoms with Crippen LogP contribution in [0.25, 0.3) is 0 Å². The lowest BCUT2D eigenvalue weighted by molar-refractivity contribution is -0.173. The van der Waals surface area contributed by atoms with Gasteiger partial charge in [-0.05, 0) is 32.1 Å². The number of hydrogen-bond acceptors (Lipinski definition) is 3. The quantitative estimate of drug-likeness (QED) is 0.352. The van der Waals surface area contributed by atoms with Crippen molar-refractivity contribution in [3.63, 3.8) is 0 Å². The molecule has 0 saturated carbocycles. The van der Waals surface area contributed by atoms with Crippen molar-refractivity contribution in [2.75, 3.05) is 0 Å². The largest absolute Gasteiger partial charge is 0.480 e. The van der Waals surface area contributed by atoms with Crippen molar-refractivity contribution in [1.29, 1.82) is 0 Å². The fraction of sp³-hybridized carbons (Fsp3) is 0.875. The molecule has 0 aromatic heterocycles. The molecule has 0 bridgehead atoms. The van der Waals surface area contributed by atoms with Gasteiger partial charge in [-0.2, -0.15) is 0 Å². The Labute approximate surface area is 122 Å². The first kappa shape index (κ1) is 18.9. The van der Waals surface area contributed by atoms with E-state index in [0.717, 1.165) is 25.7 Å². The zero-order valence-electron chi connectivity index (χ0n) is 13.4. The van der Waals surface area contributed by atoms with Gasteiger partial charge in [0.1, 0.15) is 6.10 Å². The van der Waals surface area contributed by atoms with Crippen molar-refractivity contribution in [3.8, 4) is 0 Å². The molecule has 0 fully saturated rings. The SMILES string of the molecule is CCCCCCC(CC)OC(=O)C(CC)(CC)C(=O)O. The maximum Gasteiger partial charge on any atom is 0.323 e. The molecule has 20 heavy (non-hydrogen) atoms. The third-order valence-corrected chi connectivity index (χ3v) is 4.12. The molecule has 1 N–H and O–H groups in total. The number of rotatable bonds is 11. The van der Waals surface area contributed by atoms with Gasteiger partial charge in [0.15, 0.2) is 5.41 Å². The highest BCUT2D eigenvalue weighted by atomic mass is 16.5. The Balaban J connectivity index is 4.55. The van der Waals surface area contributed by atoms with Crippen LogP contribution in [0.15, 0.2) is 0 Å². The minimum absolute atomic E-state index is 0.156. The van der Waals surface area contributed by atoms with Gasteiger partial charge in [0.05, 0.1) is 0 Å². The van der Waals surface area contributed by atoms with Crippen molar-refractivity contribution < 1.29 is 19.4 Å². The highest BCUT2D eigenvalue weighted by molar-refractivity contribution is 5.99. The minimum atomic E-state index is -1.38. The predicted molar refractivity (Wildman–Crippen MR) is 79.6 cm³/mol. The molecule has 0 radical (unpaired) electrons. The molecule has 0 saturated heterocycles. The molecular formula is C16H30O4. The number of carbonyl (C=O) groups excluding carboxylic acids is 1. The van der Waals surface area contributed by atoms with Crippen LogP contribution in [0.2, 0.25) is 0 Å². The number of ether oxygens (including phenoxy) is 1. The molecule has 1 unspecified atom stereocenters. The average Bonchev–Trinajstić information content (AvgIpc) is 2.43. The summed E-state index contributed by atoms with van der Waals surface area (Å²) in [4.78, 5) is 23.6. The van der Waals surface area contributed by atoms with Crippen LogP contribution < -0.4 is 0 Å². The molecule has 4 heteroatoms. The van der Waals surface area contributed by atoms with E-state index in [-0.39, 0.29) is 18.9 Å². The molecule has 0 aliphatic carbocycles. The number of hydrogen-bond donors (Lipinski definition) is 1. The summed E-state index contributed by atoms with van der Waals surface area (Å²) in [6.45, 7) is 7.57. The van der Waals surface area contributed by atoms with E-state index in [2.05, 4.69) is 6.92 Å². The summed E-state index contributed by atoms with van der Waals surface area (Å²) in [5, 5.41) is 9.32. The third kappa shape index (κ3) is 5.14. The lowest BCUT2D eigenvalue weighted by atomic mass is 9.82. The van der Waals surface area contributed by atoms with E-state index in [1.54, 1.807) is 13.8 Å². The van der Waals surface area contributed by atoms with Crippen molar-refractivity contribution in [2.45, 2.75) is 85.2 Å². The van der Waals surface area contributed by atoms with Gasteiger partial charge in [-0.25, -0.2) is 0 Å². The number of carboxylic acids is 1. The Morgan fingerprint density at radius 2 is 1.65 bits per heavy atom. The summed E-state index contributed by atoms with van der Waals surface area (Å²) in [5.74, 6) is -1.65. The lowest BCUT2D eigenvalue weighted by Crippen LogP contribution is -2.41. The van der Waals surface area contributed by atoms with Gasteiger partial charge in [0.25, 0.3) is 0 Å². The summed E-state index contributed by atoms with van der Waals surface area (Å²) in [7, 11) is 0. The van der Waals surface area contributed by atoms with Crippen LogP contribution in [0.4, 0.5) is 0 Å². The van der Waals surface area contributed by atoms with E-state index in [0.29, 0.717) is 0 Å². The molecule has 0 aliphatic heterocycles. The Kier molecular flexibility index (Phi) is 9.26. The van der Waals surface area contributed by atoms with Crippen LogP contribution in [0.5, 0.6) is 0 Å². The number of carboxylic acid groups (broad SMARTS) is 1. The van der Waals surface area contributed by atoms with Gasteiger partial charge in [-0.15, -0.1) is 0 Å². The number of unbranched alkanes of at least 4 members (excludes halogenated alkanes) is 3. The van der Waals surface area contributed by atoms with Crippen LogP contribution in [0.1, 0.15) is 79.1 Å². The Bertz CT molecular complexity index is 295. The lowest BCUT2D eigenvalue weighted by Gasteiger charge is -2.27. The number of carbonyl (C=O) groups is 2. The van der Waals surface area contributed by atoms with E-state index in [4.69, 9.17) is 4.74 Å². The minimum Gasteiger partial charge on any atom is -0.480 e. The normalized spacial score (nSPS) is 13.0. The van der Waals surface area contributed by atoms with Gasteiger partial charge >= 0.3 is 11.9 Å². The second-order valence-corrected chi connectivity index (χ2v) is 5.38. The van der Waals surface area contributed by atoms with Gasteiger partial charge in [-0.3, -0.25) is 9.59 Å². The van der Waals surface area contributed by atoms with Crippen LogP contribution in [0, 0.1) is 5.41 Å². The highest BCUT2D eigenvalue weighted by Gasteiger charge is 2.45. The molecule has 0 amide bonds. The van der Waals surface area contributed by atoms with Gasteiger partial charge in [-0.1, -0.05) is 47.0 Å². The van der Waals surface area contributed by atoms with Crippen molar-refractivity contribution in [3.05, 3.63) is 0 Å². The van der Waals surface area contributed by atoms with E-state index < -0.39 is 17.4 Å². The summed E-state index contributed by atoms with van der Waals surface area (Å²) < 4.78 is 5.47. The van der Waals surface area contributed by atoms with Crippen LogP contribution in [-0.2, 0) is 14.3 Å². The first-order valence-corrected chi connectivity index (χ1v) is 7.92. The summed E-state index contributed by atoms with van der Waals surface area (Å²) >= 11 is 0. The fourth-order valence-corrected chi connectivity index (χ4v) is 2.34. The molecule has 0 spiro atoms. The van der Waals surface area contributed by atoms with Crippen molar-refractivity contribution in [2.24, 2.45) is 5.41 Å². The smallest absolute Gasteiger partial charge is 0.323 e. The zero-order chi connectivity index (χ0) is 15.6. The maximum absolute atomic E-state index is 12.2. The molecule has 118 valence electrons. The topological polar surface area (TPSA) is 63.6 Å². The maximum atomic E-state index is 12.2. The van der Waals surface area contributed by atoms with Crippen LogP contribution in [0.3, 0.4) is 0 Å². The predicted octanol–water partition coefficient (Wildman–Crippen LogP) is 4.17. The Morgan fingerprint density at radius 3 is 2.05 bits per heavy atom. The number of aliphatic carboxylic acids is 1. The molecule has 1 atom stereocenters. The van der Waals surface area contributed by atoms with E-state index >= 15 is 0 Å². The van der Waals surface area contributed by atoms with Gasteiger partial charge < -0.3 is 9.84 Å². The van der Waals surface area contributed by atoms with Crippen molar-refractivity contribution >= 4 is 11.9 Å². The van der Waals surface area contributed by atoms with Crippen molar-refractivity contribution in [1.82, 2.24) is 0 Å². The summed E-state index contributed by atoms with van der Waals surface area (Å²) in [6.07, 6.45) is 6.46.